The van der Waals surface area contributed by atoms with Gasteiger partial charge in [0, 0.05) is 11.7 Å². The fourth-order valence-electron chi connectivity index (χ4n) is 4.12. The van der Waals surface area contributed by atoms with Gasteiger partial charge in [-0.05, 0) is 83.2 Å². The van der Waals surface area contributed by atoms with Crippen molar-refractivity contribution >= 4 is 23.6 Å². The molecule has 0 aliphatic rings. The molecule has 2 aromatic carbocycles. The van der Waals surface area contributed by atoms with Crippen molar-refractivity contribution in [2.45, 2.75) is 86.0 Å². The van der Waals surface area contributed by atoms with Crippen molar-refractivity contribution in [2.75, 3.05) is 5.32 Å². The third kappa shape index (κ3) is 7.97. The molecule has 3 amide bonds. The van der Waals surface area contributed by atoms with Crippen molar-refractivity contribution in [3.8, 4) is 5.75 Å². The van der Waals surface area contributed by atoms with Crippen molar-refractivity contribution in [1.29, 1.82) is 0 Å². The second-order valence-electron chi connectivity index (χ2n) is 11.0. The molecule has 0 fully saturated rings. The van der Waals surface area contributed by atoms with E-state index in [1.54, 1.807) is 32.9 Å². The zero-order chi connectivity index (χ0) is 28.1. The van der Waals surface area contributed by atoms with Crippen molar-refractivity contribution in [2.24, 2.45) is 5.92 Å². The fourth-order valence-corrected chi connectivity index (χ4v) is 4.12. The summed E-state index contributed by atoms with van der Waals surface area (Å²) in [4.78, 5) is 42.0. The first-order valence-corrected chi connectivity index (χ1v) is 12.6. The highest BCUT2D eigenvalue weighted by Crippen LogP contribution is 2.30. The Kier molecular flexibility index (Phi) is 9.73. The minimum Gasteiger partial charge on any atom is -0.508 e. The highest BCUT2D eigenvalue weighted by Gasteiger charge is 2.39. The number of benzene rings is 2. The normalized spacial score (nSPS) is 13.2. The molecule has 0 heterocycles. The molecular formula is C29H41N3O5. The Morgan fingerprint density at radius 1 is 0.946 bits per heavy atom. The van der Waals surface area contributed by atoms with Gasteiger partial charge in [0.25, 0.3) is 5.91 Å². The number of carbonyl (C=O) groups excluding carboxylic acids is 3. The van der Waals surface area contributed by atoms with Crippen LogP contribution in [0, 0.1) is 19.8 Å². The highest BCUT2D eigenvalue weighted by molar-refractivity contribution is 6.00. The average molecular weight is 512 g/mol. The number of nitrogens with one attached hydrogen (secondary N) is 2. The minimum atomic E-state index is -1.07. The zero-order valence-corrected chi connectivity index (χ0v) is 23.4. The van der Waals surface area contributed by atoms with Crippen LogP contribution in [0.15, 0.2) is 42.5 Å². The van der Waals surface area contributed by atoms with Gasteiger partial charge in [-0.1, -0.05) is 44.2 Å². The van der Waals surface area contributed by atoms with E-state index in [4.69, 9.17) is 4.74 Å². The van der Waals surface area contributed by atoms with Crippen LogP contribution in [0.1, 0.15) is 71.2 Å². The Hall–Kier alpha value is -3.55. The molecule has 8 nitrogen and oxygen atoms in total. The molecule has 2 atom stereocenters. The van der Waals surface area contributed by atoms with Gasteiger partial charge in [0.2, 0.25) is 5.91 Å². The van der Waals surface area contributed by atoms with Gasteiger partial charge in [-0.25, -0.2) is 4.79 Å². The van der Waals surface area contributed by atoms with E-state index in [9.17, 15) is 19.5 Å². The topological polar surface area (TPSA) is 108 Å². The number of carbonyl (C=O) groups is 3. The lowest BCUT2D eigenvalue weighted by molar-refractivity contribution is -0.143. The van der Waals surface area contributed by atoms with Crippen LogP contribution in [0.4, 0.5) is 10.5 Å². The molecule has 0 saturated heterocycles. The third-order valence-corrected chi connectivity index (χ3v) is 5.86. The van der Waals surface area contributed by atoms with E-state index in [2.05, 4.69) is 10.6 Å². The lowest BCUT2D eigenvalue weighted by Gasteiger charge is -2.38. The lowest BCUT2D eigenvalue weighted by Crippen LogP contribution is -2.56. The molecule has 202 valence electrons. The van der Waals surface area contributed by atoms with Crippen LogP contribution < -0.4 is 10.6 Å². The van der Waals surface area contributed by atoms with Gasteiger partial charge < -0.3 is 25.4 Å². The molecule has 3 N–H and O–H groups in total. The molecule has 0 aromatic heterocycles. The van der Waals surface area contributed by atoms with E-state index in [-0.39, 0.29) is 11.7 Å². The van der Waals surface area contributed by atoms with Crippen LogP contribution in [0.25, 0.3) is 0 Å². The number of amides is 3. The standard InChI is InChI=1S/C29H41N3O5/c1-17(2)23(31-28(36)37-29(7,8)9)27(35)32(18(3)4)25(21-14-11-15-22(33)16-21)26(34)30-24-19(5)12-10-13-20(24)6/h10-18,23,25,33H,1-9H3,(H,30,34)(H,31,36). The van der Waals surface area contributed by atoms with Crippen LogP contribution in [-0.2, 0) is 14.3 Å². The molecule has 2 aromatic rings. The minimum absolute atomic E-state index is 0.0224. The molecule has 2 unspecified atom stereocenters. The van der Waals surface area contributed by atoms with Crippen LogP contribution in [0.5, 0.6) is 5.75 Å². The molecule has 0 aliphatic carbocycles. The fraction of sp³-hybridized carbons (Fsp3) is 0.483. The number of hydrogen-bond acceptors (Lipinski definition) is 5. The predicted octanol–water partition coefficient (Wildman–Crippen LogP) is 5.48. The zero-order valence-electron chi connectivity index (χ0n) is 23.4. The summed E-state index contributed by atoms with van der Waals surface area (Å²) in [5.74, 6) is -1.16. The second-order valence-corrected chi connectivity index (χ2v) is 11.0. The quantitative estimate of drug-likeness (QED) is 0.435. The van der Waals surface area contributed by atoms with Gasteiger partial charge >= 0.3 is 6.09 Å². The van der Waals surface area contributed by atoms with Gasteiger partial charge in [-0.3, -0.25) is 9.59 Å². The van der Waals surface area contributed by atoms with E-state index in [1.807, 2.05) is 59.7 Å². The number of phenols is 1. The molecule has 0 radical (unpaired) electrons. The summed E-state index contributed by atoms with van der Waals surface area (Å²) < 4.78 is 5.39. The smallest absolute Gasteiger partial charge is 0.408 e. The number of alkyl carbamates (subject to hydrolysis) is 1. The molecule has 0 bridgehead atoms. The average Bonchev–Trinajstić information content (AvgIpc) is 2.76. The maximum absolute atomic E-state index is 14.0. The maximum Gasteiger partial charge on any atom is 0.408 e. The molecule has 2 rings (SSSR count). The van der Waals surface area contributed by atoms with Gasteiger partial charge in [0.1, 0.15) is 23.4 Å². The summed E-state index contributed by atoms with van der Waals surface area (Å²) in [6.45, 7) is 16.3. The summed E-state index contributed by atoms with van der Waals surface area (Å²) in [7, 11) is 0. The molecule has 0 saturated carbocycles. The number of aryl methyl sites for hydroxylation is 2. The van der Waals surface area contributed by atoms with Crippen molar-refractivity contribution in [3.63, 3.8) is 0 Å². The molecular weight excluding hydrogens is 470 g/mol. The lowest BCUT2D eigenvalue weighted by atomic mass is 9.97. The highest BCUT2D eigenvalue weighted by atomic mass is 16.6. The number of nitrogens with zero attached hydrogens (tertiary/aromatic N) is 1. The summed E-state index contributed by atoms with van der Waals surface area (Å²) in [5.41, 5.74) is 2.16. The van der Waals surface area contributed by atoms with Crippen LogP contribution >= 0.6 is 0 Å². The van der Waals surface area contributed by atoms with E-state index >= 15 is 0 Å². The monoisotopic (exact) mass is 511 g/mol. The van der Waals surface area contributed by atoms with Crippen LogP contribution in [0.3, 0.4) is 0 Å². The first kappa shape index (κ1) is 29.7. The SMILES string of the molecule is Cc1cccc(C)c1NC(=O)C(c1cccc(O)c1)N(C(=O)C(NC(=O)OC(C)(C)C)C(C)C)C(C)C. The first-order valence-electron chi connectivity index (χ1n) is 12.6. The van der Waals surface area contributed by atoms with E-state index in [1.165, 1.54) is 17.0 Å². The molecule has 8 heteroatoms. The number of rotatable bonds is 8. The molecule has 0 aliphatic heterocycles. The maximum atomic E-state index is 14.0. The summed E-state index contributed by atoms with van der Waals surface area (Å²) in [6.07, 6.45) is -0.711. The van der Waals surface area contributed by atoms with E-state index in [0.717, 1.165) is 11.1 Å². The number of para-hydroxylation sites is 1. The third-order valence-electron chi connectivity index (χ3n) is 5.86. The Balaban J connectivity index is 2.55. The molecule has 37 heavy (non-hydrogen) atoms. The van der Waals surface area contributed by atoms with Gasteiger partial charge in [0.15, 0.2) is 0 Å². The van der Waals surface area contributed by atoms with Crippen molar-refractivity contribution in [1.82, 2.24) is 10.2 Å². The second kappa shape index (κ2) is 12.1. The predicted molar refractivity (Wildman–Crippen MR) is 145 cm³/mol. The summed E-state index contributed by atoms with van der Waals surface area (Å²) in [5, 5.41) is 15.9. The van der Waals surface area contributed by atoms with E-state index < -0.39 is 41.6 Å². The van der Waals surface area contributed by atoms with E-state index in [0.29, 0.717) is 11.3 Å². The Morgan fingerprint density at radius 3 is 2.00 bits per heavy atom. The van der Waals surface area contributed by atoms with Crippen molar-refractivity contribution in [3.05, 3.63) is 59.2 Å². The number of phenolic OH excluding ortho intramolecular Hbond substituents is 1. The first-order chi connectivity index (χ1) is 17.1. The van der Waals surface area contributed by atoms with Gasteiger partial charge in [0.05, 0.1) is 0 Å². The number of ether oxygens (including phenoxy) is 1. The largest absolute Gasteiger partial charge is 0.508 e. The Labute approximate surface area is 220 Å². The van der Waals surface area contributed by atoms with Gasteiger partial charge in [-0.2, -0.15) is 0 Å². The van der Waals surface area contributed by atoms with Gasteiger partial charge in [-0.15, -0.1) is 0 Å². The Morgan fingerprint density at radius 2 is 1.51 bits per heavy atom. The van der Waals surface area contributed by atoms with Crippen molar-refractivity contribution < 1.29 is 24.2 Å². The number of anilines is 1. The van der Waals surface area contributed by atoms with Crippen LogP contribution in [-0.4, -0.2) is 45.6 Å². The van der Waals surface area contributed by atoms with Crippen LogP contribution in [0.2, 0.25) is 0 Å². The number of aromatic hydroxyl groups is 1. The number of hydrogen-bond donors (Lipinski definition) is 3. The Bertz CT molecular complexity index is 1100. The summed E-state index contributed by atoms with van der Waals surface area (Å²) >= 11 is 0. The summed E-state index contributed by atoms with van der Waals surface area (Å²) in [6, 6.07) is 9.60. The molecule has 0 spiro atoms.